The Labute approximate surface area is 144 Å². The molecule has 0 saturated carbocycles. The fraction of sp³-hybridized carbons (Fsp3) is 0.438. The number of amides is 1. The summed E-state index contributed by atoms with van der Waals surface area (Å²) in [5.41, 5.74) is -0.331. The van der Waals surface area contributed by atoms with Crippen molar-refractivity contribution < 1.29 is 14.1 Å². The molecule has 1 aliphatic rings. The zero-order valence-electron chi connectivity index (χ0n) is 13.5. The summed E-state index contributed by atoms with van der Waals surface area (Å²) < 4.78 is 10.9. The minimum absolute atomic E-state index is 0.260. The predicted molar refractivity (Wildman–Crippen MR) is 87.8 cm³/mol. The van der Waals surface area contributed by atoms with Crippen LogP contribution in [0.4, 0.5) is 0 Å². The van der Waals surface area contributed by atoms with Gasteiger partial charge < -0.3 is 19.9 Å². The lowest BCUT2D eigenvalue weighted by Gasteiger charge is -2.23. The Balaban J connectivity index is 1.73. The van der Waals surface area contributed by atoms with Gasteiger partial charge in [-0.25, -0.2) is 0 Å². The highest BCUT2D eigenvalue weighted by Gasteiger charge is 2.31. The summed E-state index contributed by atoms with van der Waals surface area (Å²) in [6, 6.07) is 6.74. The molecule has 1 aromatic carbocycles. The van der Waals surface area contributed by atoms with Crippen molar-refractivity contribution >= 4 is 17.5 Å². The van der Waals surface area contributed by atoms with Gasteiger partial charge >= 0.3 is 0 Å². The topological polar surface area (TPSA) is 89.3 Å². The number of benzene rings is 1. The van der Waals surface area contributed by atoms with Crippen LogP contribution in [0.25, 0.3) is 0 Å². The second-order valence-corrected chi connectivity index (χ2v) is 6.55. The van der Waals surface area contributed by atoms with Gasteiger partial charge in [-0.3, -0.25) is 4.79 Å². The first kappa shape index (κ1) is 16.9. The SMILES string of the molecule is CC(C)(NC(=O)c1cccc(Cl)c1)c1noc([C@@H]2CNCCO2)n1. The number of morpholine rings is 1. The first-order valence-corrected chi connectivity index (χ1v) is 8.08. The number of halogens is 1. The van der Waals surface area contributed by atoms with Crippen LogP contribution in [0, 0.1) is 0 Å². The molecular weight excluding hydrogens is 332 g/mol. The molecule has 7 nitrogen and oxygen atoms in total. The van der Waals surface area contributed by atoms with Gasteiger partial charge in [-0.1, -0.05) is 22.8 Å². The molecule has 1 fully saturated rings. The van der Waals surface area contributed by atoms with E-state index in [0.29, 0.717) is 35.5 Å². The molecule has 0 unspecified atom stereocenters. The van der Waals surface area contributed by atoms with E-state index in [0.717, 1.165) is 6.54 Å². The molecular formula is C16H19ClN4O3. The van der Waals surface area contributed by atoms with Crippen LogP contribution in [0.1, 0.15) is 42.0 Å². The lowest BCUT2D eigenvalue weighted by molar-refractivity contribution is 0.00755. The van der Waals surface area contributed by atoms with E-state index in [1.165, 1.54) is 0 Å². The number of hydrogen-bond acceptors (Lipinski definition) is 6. The summed E-state index contributed by atoms with van der Waals surface area (Å²) in [6.45, 7) is 5.64. The number of nitrogens with one attached hydrogen (secondary N) is 2. The minimum Gasteiger partial charge on any atom is -0.366 e. The quantitative estimate of drug-likeness (QED) is 0.877. The largest absolute Gasteiger partial charge is 0.366 e. The summed E-state index contributed by atoms with van der Waals surface area (Å²) >= 11 is 5.93. The van der Waals surface area contributed by atoms with Crippen molar-refractivity contribution in [3.05, 3.63) is 46.6 Å². The van der Waals surface area contributed by atoms with Gasteiger partial charge in [-0.15, -0.1) is 0 Å². The van der Waals surface area contributed by atoms with Crippen LogP contribution in [0.2, 0.25) is 5.02 Å². The maximum atomic E-state index is 12.4. The third kappa shape index (κ3) is 3.75. The summed E-state index contributed by atoms with van der Waals surface area (Å²) in [4.78, 5) is 16.8. The zero-order valence-corrected chi connectivity index (χ0v) is 14.3. The molecule has 3 rings (SSSR count). The van der Waals surface area contributed by atoms with Crippen molar-refractivity contribution in [2.24, 2.45) is 0 Å². The van der Waals surface area contributed by atoms with Crippen molar-refractivity contribution in [2.75, 3.05) is 19.7 Å². The maximum absolute atomic E-state index is 12.4. The second-order valence-electron chi connectivity index (χ2n) is 6.11. The molecule has 0 spiro atoms. The second kappa shape index (κ2) is 6.88. The maximum Gasteiger partial charge on any atom is 0.257 e. The van der Waals surface area contributed by atoms with Crippen LogP contribution in [-0.4, -0.2) is 35.7 Å². The Bertz CT molecular complexity index is 726. The first-order chi connectivity index (χ1) is 11.5. The van der Waals surface area contributed by atoms with E-state index < -0.39 is 5.54 Å². The average molecular weight is 351 g/mol. The van der Waals surface area contributed by atoms with Crippen LogP contribution in [0.15, 0.2) is 28.8 Å². The van der Waals surface area contributed by atoms with Gasteiger partial charge in [0.25, 0.3) is 11.8 Å². The van der Waals surface area contributed by atoms with Crippen LogP contribution in [0.3, 0.4) is 0 Å². The van der Waals surface area contributed by atoms with E-state index in [2.05, 4.69) is 20.8 Å². The first-order valence-electron chi connectivity index (χ1n) is 7.70. The van der Waals surface area contributed by atoms with Gasteiger partial charge in [0.15, 0.2) is 5.82 Å². The van der Waals surface area contributed by atoms with Gasteiger partial charge in [0.2, 0.25) is 0 Å². The Morgan fingerprint density at radius 1 is 1.46 bits per heavy atom. The molecule has 2 N–H and O–H groups in total. The molecule has 1 aromatic heterocycles. The highest BCUT2D eigenvalue weighted by Crippen LogP contribution is 2.22. The predicted octanol–water partition coefficient (Wildman–Crippen LogP) is 2.05. The third-order valence-electron chi connectivity index (χ3n) is 3.72. The van der Waals surface area contributed by atoms with Gasteiger partial charge in [0, 0.05) is 23.7 Å². The number of hydrogen-bond donors (Lipinski definition) is 2. The average Bonchev–Trinajstić information content (AvgIpc) is 3.06. The normalized spacial score (nSPS) is 18.4. The van der Waals surface area contributed by atoms with E-state index >= 15 is 0 Å². The van der Waals surface area contributed by atoms with Crippen molar-refractivity contribution in [3.8, 4) is 0 Å². The lowest BCUT2D eigenvalue weighted by atomic mass is 10.0. The van der Waals surface area contributed by atoms with E-state index in [1.807, 2.05) is 13.8 Å². The molecule has 1 saturated heterocycles. The minimum atomic E-state index is -0.802. The molecule has 128 valence electrons. The smallest absolute Gasteiger partial charge is 0.257 e. The van der Waals surface area contributed by atoms with Crippen molar-refractivity contribution in [3.63, 3.8) is 0 Å². The van der Waals surface area contributed by atoms with Gasteiger partial charge in [0.1, 0.15) is 6.10 Å². The summed E-state index contributed by atoms with van der Waals surface area (Å²) in [7, 11) is 0. The summed E-state index contributed by atoms with van der Waals surface area (Å²) in [5, 5.41) is 10.6. The fourth-order valence-electron chi connectivity index (χ4n) is 2.39. The molecule has 8 heteroatoms. The number of rotatable bonds is 4. The van der Waals surface area contributed by atoms with Gasteiger partial charge in [0.05, 0.1) is 12.1 Å². The molecule has 1 aliphatic heterocycles. The summed E-state index contributed by atoms with van der Waals surface area (Å²) in [5.74, 6) is 0.536. The number of nitrogens with zero attached hydrogens (tertiary/aromatic N) is 2. The van der Waals surface area contributed by atoms with E-state index in [1.54, 1.807) is 24.3 Å². The van der Waals surface area contributed by atoms with Crippen LogP contribution in [0.5, 0.6) is 0 Å². The van der Waals surface area contributed by atoms with Crippen LogP contribution < -0.4 is 10.6 Å². The monoisotopic (exact) mass is 350 g/mol. The van der Waals surface area contributed by atoms with Crippen LogP contribution >= 0.6 is 11.6 Å². The molecule has 1 amide bonds. The molecule has 0 radical (unpaired) electrons. The van der Waals surface area contributed by atoms with E-state index in [9.17, 15) is 4.79 Å². The Kier molecular flexibility index (Phi) is 4.84. The number of carbonyl (C=O) groups is 1. The van der Waals surface area contributed by atoms with Crippen molar-refractivity contribution in [1.82, 2.24) is 20.8 Å². The molecule has 0 bridgehead atoms. The van der Waals surface area contributed by atoms with E-state index in [-0.39, 0.29) is 12.0 Å². The standard InChI is InChI=1S/C16H19ClN4O3/c1-16(2,20-13(22)10-4-3-5-11(17)8-10)15-19-14(24-21-15)12-9-18-6-7-23-12/h3-5,8,12,18H,6-7,9H2,1-2H3,(H,20,22)/t12-/m0/s1. The fourth-order valence-corrected chi connectivity index (χ4v) is 2.58. The summed E-state index contributed by atoms with van der Waals surface area (Å²) in [6.07, 6.45) is -0.264. The van der Waals surface area contributed by atoms with Crippen LogP contribution in [-0.2, 0) is 10.3 Å². The van der Waals surface area contributed by atoms with E-state index in [4.69, 9.17) is 20.9 Å². The van der Waals surface area contributed by atoms with Crippen molar-refractivity contribution in [1.29, 1.82) is 0 Å². The highest BCUT2D eigenvalue weighted by atomic mass is 35.5. The number of ether oxygens (including phenoxy) is 1. The highest BCUT2D eigenvalue weighted by molar-refractivity contribution is 6.30. The van der Waals surface area contributed by atoms with Gasteiger partial charge in [-0.2, -0.15) is 4.98 Å². The van der Waals surface area contributed by atoms with Crippen molar-refractivity contribution in [2.45, 2.75) is 25.5 Å². The number of aromatic nitrogens is 2. The Morgan fingerprint density at radius 3 is 3.00 bits per heavy atom. The Morgan fingerprint density at radius 2 is 2.29 bits per heavy atom. The number of carbonyl (C=O) groups excluding carboxylic acids is 1. The molecule has 1 atom stereocenters. The molecule has 2 aromatic rings. The van der Waals surface area contributed by atoms with Gasteiger partial charge in [-0.05, 0) is 32.0 Å². The Hall–Kier alpha value is -1.96. The lowest BCUT2D eigenvalue weighted by Crippen LogP contribution is -2.42. The third-order valence-corrected chi connectivity index (χ3v) is 3.95. The zero-order chi connectivity index (χ0) is 17.2. The molecule has 0 aliphatic carbocycles. The molecule has 24 heavy (non-hydrogen) atoms. The molecule has 2 heterocycles.